The highest BCUT2D eigenvalue weighted by Gasteiger charge is 2.28. The SMILES string of the molecule is CC(C)C(C)(O)c1ccccc1.CC(C)C(NC(=O)NC(C)(C)C)c1ccccc1.CC(C)C(NC(=O)OCC1CC1)c1ccccc1.CC(C)C(NC(=O)OCc1ccccc1)c1ccccc1.CC(C)CC(NC(=O)OC(C)(C)C)c1ccccc1. The molecule has 6 aromatic carbocycles. The van der Waals surface area contributed by atoms with Gasteiger partial charge in [0.1, 0.15) is 12.2 Å². The molecular formula is C75H107N5O8. The number of alkyl carbamates (subject to hydrolysis) is 3. The van der Waals surface area contributed by atoms with E-state index in [1.165, 1.54) is 12.8 Å². The Morgan fingerprint density at radius 2 is 0.830 bits per heavy atom. The second-order valence-corrected chi connectivity index (χ2v) is 26.5. The molecule has 1 aliphatic carbocycles. The molecule has 6 N–H and O–H groups in total. The fourth-order valence-electron chi connectivity index (χ4n) is 8.94. The van der Waals surface area contributed by atoms with Gasteiger partial charge < -0.3 is 45.9 Å². The van der Waals surface area contributed by atoms with Gasteiger partial charge in [-0.05, 0) is 137 Å². The predicted molar refractivity (Wildman–Crippen MR) is 359 cm³/mol. The second kappa shape index (κ2) is 37.9. The van der Waals surface area contributed by atoms with Crippen LogP contribution in [0.3, 0.4) is 0 Å². The van der Waals surface area contributed by atoms with Crippen LogP contribution in [0.2, 0.25) is 0 Å². The number of hydrogen-bond donors (Lipinski definition) is 6. The van der Waals surface area contributed by atoms with Crippen molar-refractivity contribution in [3.05, 3.63) is 215 Å². The summed E-state index contributed by atoms with van der Waals surface area (Å²) >= 11 is 0. The Kier molecular flexibility index (Phi) is 32.2. The van der Waals surface area contributed by atoms with Crippen molar-refractivity contribution in [1.29, 1.82) is 0 Å². The predicted octanol–water partition coefficient (Wildman–Crippen LogP) is 18.2. The van der Waals surface area contributed by atoms with E-state index in [9.17, 15) is 24.3 Å². The fraction of sp³-hybridized carbons (Fsp3) is 0.467. The summed E-state index contributed by atoms with van der Waals surface area (Å²) in [6.07, 6.45) is 2.23. The van der Waals surface area contributed by atoms with Crippen molar-refractivity contribution < 1.29 is 38.5 Å². The molecule has 13 heteroatoms. The van der Waals surface area contributed by atoms with Crippen molar-refractivity contribution in [2.75, 3.05) is 6.61 Å². The highest BCUT2D eigenvalue weighted by Crippen LogP contribution is 2.30. The summed E-state index contributed by atoms with van der Waals surface area (Å²) in [5.41, 5.74) is 5.03. The zero-order valence-corrected chi connectivity index (χ0v) is 55.9. The number of ether oxygens (including phenoxy) is 3. The van der Waals surface area contributed by atoms with Crippen LogP contribution in [-0.4, -0.2) is 47.2 Å². The topological polar surface area (TPSA) is 176 Å². The third kappa shape index (κ3) is 30.8. The lowest BCUT2D eigenvalue weighted by atomic mass is 9.85. The van der Waals surface area contributed by atoms with Crippen molar-refractivity contribution in [2.24, 2.45) is 35.5 Å². The van der Waals surface area contributed by atoms with Crippen LogP contribution in [0.1, 0.15) is 195 Å². The molecule has 0 saturated heterocycles. The van der Waals surface area contributed by atoms with Crippen LogP contribution in [0, 0.1) is 35.5 Å². The van der Waals surface area contributed by atoms with Crippen LogP contribution >= 0.6 is 0 Å². The Morgan fingerprint density at radius 3 is 1.18 bits per heavy atom. The highest BCUT2D eigenvalue weighted by atomic mass is 16.6. The van der Waals surface area contributed by atoms with Gasteiger partial charge in [0.15, 0.2) is 0 Å². The van der Waals surface area contributed by atoms with Gasteiger partial charge in [-0.2, -0.15) is 0 Å². The molecule has 1 saturated carbocycles. The summed E-state index contributed by atoms with van der Waals surface area (Å²) < 4.78 is 15.8. The molecular weight excluding hydrogens is 1100 g/mol. The minimum atomic E-state index is -0.707. The molecule has 13 nitrogen and oxygen atoms in total. The average molecular weight is 1210 g/mol. The van der Waals surface area contributed by atoms with Crippen molar-refractivity contribution in [3.63, 3.8) is 0 Å². The Hall–Kier alpha value is -7.64. The first-order chi connectivity index (χ1) is 41.4. The van der Waals surface area contributed by atoms with Gasteiger partial charge in [0.25, 0.3) is 0 Å². The molecule has 0 bridgehead atoms. The molecule has 5 amide bonds. The van der Waals surface area contributed by atoms with Gasteiger partial charge in [-0.3, -0.25) is 0 Å². The molecule has 1 aliphatic rings. The lowest BCUT2D eigenvalue weighted by molar-refractivity contribution is 0.00904. The first-order valence-corrected chi connectivity index (χ1v) is 31.4. The van der Waals surface area contributed by atoms with Crippen molar-refractivity contribution >= 4 is 24.3 Å². The van der Waals surface area contributed by atoms with E-state index in [-0.39, 0.29) is 72.5 Å². The van der Waals surface area contributed by atoms with Crippen molar-refractivity contribution in [3.8, 4) is 0 Å². The monoisotopic (exact) mass is 1210 g/mol. The molecule has 0 aromatic heterocycles. The molecule has 1 fully saturated rings. The van der Waals surface area contributed by atoms with E-state index in [2.05, 4.69) is 82.0 Å². The van der Waals surface area contributed by atoms with Crippen LogP contribution in [-0.2, 0) is 26.4 Å². The number of rotatable bonds is 19. The molecule has 5 unspecified atom stereocenters. The van der Waals surface area contributed by atoms with E-state index in [0.29, 0.717) is 30.3 Å². The van der Waals surface area contributed by atoms with Gasteiger partial charge in [-0.1, -0.05) is 251 Å². The van der Waals surface area contributed by atoms with Gasteiger partial charge in [-0.25, -0.2) is 19.2 Å². The molecule has 0 aliphatic heterocycles. The lowest BCUT2D eigenvalue weighted by Crippen LogP contribution is -2.48. The number of hydrogen-bond acceptors (Lipinski definition) is 8. The van der Waals surface area contributed by atoms with Gasteiger partial charge in [0.05, 0.1) is 36.4 Å². The molecule has 5 atom stereocenters. The van der Waals surface area contributed by atoms with Crippen molar-refractivity contribution in [2.45, 2.75) is 184 Å². The zero-order chi connectivity index (χ0) is 65.5. The Bertz CT molecular complexity index is 2850. The van der Waals surface area contributed by atoms with Gasteiger partial charge in [0, 0.05) is 5.54 Å². The maximum atomic E-state index is 12.0. The number of carbonyl (C=O) groups is 4. The third-order valence-corrected chi connectivity index (χ3v) is 14.2. The first-order valence-electron chi connectivity index (χ1n) is 31.4. The Balaban J connectivity index is 0.000000290. The maximum Gasteiger partial charge on any atom is 0.408 e. The molecule has 7 rings (SSSR count). The van der Waals surface area contributed by atoms with Crippen LogP contribution in [0.25, 0.3) is 0 Å². The summed E-state index contributed by atoms with van der Waals surface area (Å²) in [7, 11) is 0. The average Bonchev–Trinajstić information content (AvgIpc) is 4.48. The number of urea groups is 1. The summed E-state index contributed by atoms with van der Waals surface area (Å²) in [6, 6.07) is 59.4. The van der Waals surface area contributed by atoms with E-state index in [1.807, 2.05) is 244 Å². The maximum absolute atomic E-state index is 12.0. The standard InChI is InChI=1S/C18H21NO2.C16H25NO2.C15H24N2O.C15H21NO2.C11H16O/c1-14(2)17(16-11-7-4-8-12-16)19-18(20)21-13-15-9-5-3-6-10-15;1-12(2)11-14(13-9-7-6-8-10-13)17-15(18)19-16(3,4)5;1-11(2)13(12-9-7-6-8-10-12)16-14(18)17-15(3,4)5;1-11(2)14(13-6-4-3-5-7-13)16-15(17)18-10-12-8-9-12;1-9(2)11(3,12)10-7-5-4-6-8-10/h3-12,14,17H,13H2,1-2H3,(H,19,20);6-10,12,14H,11H2,1-5H3,(H,17,18);6-11,13H,1-5H3,(H2,16,17,18);3-7,11-12,14H,8-10H2,1-2H3,(H,16,17);4-9,12H,1-3H3. The summed E-state index contributed by atoms with van der Waals surface area (Å²) in [6.45, 7) is 35.1. The summed E-state index contributed by atoms with van der Waals surface area (Å²) in [5, 5.41) is 24.9. The highest BCUT2D eigenvalue weighted by molar-refractivity contribution is 5.75. The Labute approximate surface area is 528 Å². The molecule has 0 radical (unpaired) electrons. The molecule has 480 valence electrons. The molecule has 6 aromatic rings. The summed E-state index contributed by atoms with van der Waals surface area (Å²) in [5.74, 6) is 2.31. The zero-order valence-electron chi connectivity index (χ0n) is 55.9. The lowest BCUT2D eigenvalue weighted by Gasteiger charge is -2.28. The number of aliphatic hydroxyl groups is 1. The van der Waals surface area contributed by atoms with E-state index in [0.717, 1.165) is 39.8 Å². The molecule has 0 spiro atoms. The quantitative estimate of drug-likeness (QED) is 0.0434. The number of nitrogens with one attached hydrogen (secondary N) is 5. The van der Waals surface area contributed by atoms with Crippen LogP contribution in [0.5, 0.6) is 0 Å². The first kappa shape index (κ1) is 74.6. The van der Waals surface area contributed by atoms with Crippen LogP contribution in [0.15, 0.2) is 182 Å². The number of carbonyl (C=O) groups excluding carboxylic acids is 4. The third-order valence-electron chi connectivity index (χ3n) is 14.2. The summed E-state index contributed by atoms with van der Waals surface area (Å²) in [4.78, 5) is 47.5. The van der Waals surface area contributed by atoms with Crippen molar-refractivity contribution in [1.82, 2.24) is 26.6 Å². The molecule has 88 heavy (non-hydrogen) atoms. The molecule has 0 heterocycles. The number of benzene rings is 6. The minimum absolute atomic E-state index is 0.00366. The fourth-order valence-corrected chi connectivity index (χ4v) is 8.94. The van der Waals surface area contributed by atoms with E-state index in [1.54, 1.807) is 0 Å². The minimum Gasteiger partial charge on any atom is -0.449 e. The van der Waals surface area contributed by atoms with Gasteiger partial charge >= 0.3 is 24.3 Å². The van der Waals surface area contributed by atoms with Gasteiger partial charge in [-0.15, -0.1) is 0 Å². The van der Waals surface area contributed by atoms with Gasteiger partial charge in [0.2, 0.25) is 0 Å². The number of amides is 5. The second-order valence-electron chi connectivity index (χ2n) is 26.5. The van der Waals surface area contributed by atoms with E-state index < -0.39 is 11.2 Å². The van der Waals surface area contributed by atoms with Crippen LogP contribution in [0.4, 0.5) is 19.2 Å². The van der Waals surface area contributed by atoms with Crippen LogP contribution < -0.4 is 26.6 Å². The normalized spacial score (nSPS) is 13.9. The van der Waals surface area contributed by atoms with E-state index in [4.69, 9.17) is 14.2 Å². The Morgan fingerprint density at radius 1 is 0.466 bits per heavy atom. The smallest absolute Gasteiger partial charge is 0.408 e. The van der Waals surface area contributed by atoms with E-state index >= 15 is 0 Å². The largest absolute Gasteiger partial charge is 0.449 e.